The zero-order valence-electron chi connectivity index (χ0n) is 9.10. The highest BCUT2D eigenvalue weighted by molar-refractivity contribution is 7.18. The number of rotatable bonds is 3. The third-order valence-corrected chi connectivity index (χ3v) is 3.64. The summed E-state index contributed by atoms with van der Waals surface area (Å²) < 4.78 is 0. The summed E-state index contributed by atoms with van der Waals surface area (Å²) in [5, 5.41) is 4.06. The molecule has 0 heterocycles. The second-order valence-corrected chi connectivity index (χ2v) is 5.95. The average molecular weight is 201 g/mol. The highest BCUT2D eigenvalue weighted by Gasteiger charge is 2.24. The third kappa shape index (κ3) is 4.42. The zero-order valence-corrected chi connectivity index (χ0v) is 10.3. The molecule has 0 aromatic rings. The summed E-state index contributed by atoms with van der Waals surface area (Å²) in [5.41, 5.74) is 0. The molecule has 1 atom stereocenters. The molecule has 13 heavy (non-hydrogen) atoms. The van der Waals surface area contributed by atoms with Crippen molar-refractivity contribution >= 4 is 9.24 Å². The van der Waals surface area contributed by atoms with Gasteiger partial charge in [-0.2, -0.15) is 0 Å². The van der Waals surface area contributed by atoms with Crippen molar-refractivity contribution in [1.82, 2.24) is 5.32 Å². The number of hydrogen-bond acceptors (Lipinski definition) is 1. The normalized spacial score (nSPS) is 23.1. The quantitative estimate of drug-likeness (QED) is 0.546. The van der Waals surface area contributed by atoms with Crippen LogP contribution in [0.2, 0.25) is 0 Å². The van der Waals surface area contributed by atoms with Crippen LogP contribution in [0.4, 0.5) is 0 Å². The second kappa shape index (κ2) is 5.32. The minimum absolute atomic E-state index is 0.362. The number of nitrogens with one attached hydrogen (secondary N) is 1. The minimum Gasteiger partial charge on any atom is -0.308 e. The van der Waals surface area contributed by atoms with E-state index in [0.717, 1.165) is 12.5 Å². The molecule has 1 saturated carbocycles. The maximum absolute atomic E-state index is 3.70. The average Bonchev–Trinajstić information content (AvgIpc) is 2.28. The summed E-state index contributed by atoms with van der Waals surface area (Å²) in [4.78, 5) is 0. The smallest absolute Gasteiger partial charge is 0.0323 e. The van der Waals surface area contributed by atoms with Gasteiger partial charge in [-0.15, -0.1) is 9.24 Å². The van der Waals surface area contributed by atoms with Crippen LogP contribution in [0.3, 0.4) is 0 Å². The van der Waals surface area contributed by atoms with Gasteiger partial charge in [0, 0.05) is 5.28 Å². The molecule has 1 aliphatic rings. The summed E-state index contributed by atoms with van der Waals surface area (Å²) in [6, 6.07) is 0. The molecule has 0 amide bonds. The summed E-state index contributed by atoms with van der Waals surface area (Å²) in [6.45, 7) is 5.71. The van der Waals surface area contributed by atoms with Gasteiger partial charge in [0.25, 0.3) is 0 Å². The van der Waals surface area contributed by atoms with Crippen molar-refractivity contribution in [3.8, 4) is 0 Å². The van der Waals surface area contributed by atoms with Gasteiger partial charge in [0.15, 0.2) is 0 Å². The van der Waals surface area contributed by atoms with Crippen LogP contribution < -0.4 is 5.32 Å². The van der Waals surface area contributed by atoms with Crippen molar-refractivity contribution in [3.05, 3.63) is 0 Å². The van der Waals surface area contributed by atoms with E-state index in [1.807, 2.05) is 0 Å². The molecular weight excluding hydrogens is 177 g/mol. The lowest BCUT2D eigenvalue weighted by Crippen LogP contribution is -2.40. The molecule has 0 saturated heterocycles. The van der Waals surface area contributed by atoms with Crippen LogP contribution in [0.15, 0.2) is 0 Å². The van der Waals surface area contributed by atoms with Crippen LogP contribution in [-0.4, -0.2) is 11.8 Å². The summed E-state index contributed by atoms with van der Waals surface area (Å²) in [6.07, 6.45) is 8.33. The van der Waals surface area contributed by atoms with E-state index in [1.54, 1.807) is 0 Å². The lowest BCUT2D eigenvalue weighted by Gasteiger charge is -2.30. The Hall–Kier alpha value is 0.390. The maximum atomic E-state index is 3.70. The van der Waals surface area contributed by atoms with Crippen LogP contribution in [0.25, 0.3) is 0 Å². The van der Waals surface area contributed by atoms with E-state index in [1.165, 1.54) is 38.5 Å². The summed E-state index contributed by atoms with van der Waals surface area (Å²) in [5.74, 6) is 0.765. The molecule has 1 aliphatic carbocycles. The fraction of sp³-hybridized carbons (Fsp3) is 1.00. The molecule has 0 bridgehead atoms. The van der Waals surface area contributed by atoms with Crippen LogP contribution in [0.5, 0.6) is 0 Å². The van der Waals surface area contributed by atoms with Crippen molar-refractivity contribution < 1.29 is 0 Å². The summed E-state index contributed by atoms with van der Waals surface area (Å²) in [7, 11) is 3.05. The van der Waals surface area contributed by atoms with Gasteiger partial charge in [-0.3, -0.25) is 0 Å². The van der Waals surface area contributed by atoms with Crippen LogP contribution >= 0.6 is 9.24 Å². The second-order valence-electron chi connectivity index (χ2n) is 4.85. The van der Waals surface area contributed by atoms with Gasteiger partial charge in [0.05, 0.1) is 0 Å². The molecule has 0 aromatic heterocycles. The molecule has 0 aliphatic heterocycles. The zero-order chi connectivity index (χ0) is 9.73. The lowest BCUT2D eigenvalue weighted by atomic mass is 10.1. The van der Waals surface area contributed by atoms with E-state index in [9.17, 15) is 0 Å². The highest BCUT2D eigenvalue weighted by Crippen LogP contribution is 2.32. The maximum Gasteiger partial charge on any atom is 0.0323 e. The Balaban J connectivity index is 2.33. The van der Waals surface area contributed by atoms with Gasteiger partial charge in [-0.1, -0.05) is 39.5 Å². The Morgan fingerprint density at radius 2 is 1.69 bits per heavy atom. The molecular formula is C11H24NP. The highest BCUT2D eigenvalue weighted by atomic mass is 31.0. The van der Waals surface area contributed by atoms with E-state index in [2.05, 4.69) is 28.4 Å². The predicted octanol–water partition coefficient (Wildman–Crippen LogP) is 3.16. The lowest BCUT2D eigenvalue weighted by molar-refractivity contribution is 0.388. The van der Waals surface area contributed by atoms with Crippen molar-refractivity contribution in [2.45, 2.75) is 57.7 Å². The first kappa shape index (κ1) is 11.5. The van der Waals surface area contributed by atoms with E-state index >= 15 is 0 Å². The monoisotopic (exact) mass is 201 g/mol. The molecule has 1 nitrogen and oxygen atoms in total. The van der Waals surface area contributed by atoms with Gasteiger partial charge >= 0.3 is 0 Å². The van der Waals surface area contributed by atoms with Crippen molar-refractivity contribution in [2.75, 3.05) is 6.54 Å². The molecule has 0 aromatic carbocycles. The Kier molecular flexibility index (Phi) is 4.69. The van der Waals surface area contributed by atoms with Crippen LogP contribution in [0.1, 0.15) is 52.4 Å². The van der Waals surface area contributed by atoms with Gasteiger partial charge in [-0.05, 0) is 25.3 Å². The van der Waals surface area contributed by atoms with Gasteiger partial charge < -0.3 is 5.32 Å². The predicted molar refractivity (Wildman–Crippen MR) is 63.0 cm³/mol. The Labute approximate surface area is 85.3 Å². The first-order valence-electron chi connectivity index (χ1n) is 5.66. The van der Waals surface area contributed by atoms with Crippen LogP contribution in [0, 0.1) is 5.92 Å². The van der Waals surface area contributed by atoms with Crippen molar-refractivity contribution in [1.29, 1.82) is 0 Å². The topological polar surface area (TPSA) is 12.0 Å². The minimum atomic E-state index is 0.362. The van der Waals surface area contributed by atoms with Crippen LogP contribution in [-0.2, 0) is 0 Å². The Morgan fingerprint density at radius 1 is 1.15 bits per heavy atom. The fourth-order valence-corrected chi connectivity index (χ4v) is 2.47. The molecule has 1 unspecified atom stereocenters. The van der Waals surface area contributed by atoms with E-state index in [4.69, 9.17) is 0 Å². The molecule has 78 valence electrons. The Morgan fingerprint density at radius 3 is 2.15 bits per heavy atom. The molecule has 1 fully saturated rings. The van der Waals surface area contributed by atoms with Gasteiger partial charge in [0.2, 0.25) is 0 Å². The largest absolute Gasteiger partial charge is 0.308 e. The molecule has 1 N–H and O–H groups in total. The van der Waals surface area contributed by atoms with Gasteiger partial charge in [0.1, 0.15) is 0 Å². The standard InChI is InChI=1S/C11H24NP/c1-10(2)9-12-11(13)7-5-3-4-6-8-11/h10,12H,3-9,13H2,1-2H3. The SMILES string of the molecule is CC(C)CNC1(P)CCCCCC1. The van der Waals surface area contributed by atoms with Crippen molar-refractivity contribution in [3.63, 3.8) is 0 Å². The molecule has 0 spiro atoms. The summed E-state index contributed by atoms with van der Waals surface area (Å²) >= 11 is 0. The first-order chi connectivity index (χ1) is 6.12. The fourth-order valence-electron chi connectivity index (χ4n) is 1.94. The van der Waals surface area contributed by atoms with Crippen molar-refractivity contribution in [2.24, 2.45) is 5.92 Å². The third-order valence-electron chi connectivity index (χ3n) is 2.86. The molecule has 0 radical (unpaired) electrons. The van der Waals surface area contributed by atoms with E-state index in [-0.39, 0.29) is 0 Å². The van der Waals surface area contributed by atoms with Gasteiger partial charge in [-0.25, -0.2) is 0 Å². The molecule has 2 heteroatoms. The Bertz CT molecular complexity index is 137. The molecule has 1 rings (SSSR count). The van der Waals surface area contributed by atoms with E-state index < -0.39 is 0 Å². The number of hydrogen-bond donors (Lipinski definition) is 1. The first-order valence-corrected chi connectivity index (χ1v) is 6.24. The van der Waals surface area contributed by atoms with E-state index in [0.29, 0.717) is 5.28 Å².